The maximum Gasteiger partial charge on any atom is 0.295 e. The number of hydrogen-bond donors (Lipinski definition) is 3. The van der Waals surface area contributed by atoms with Crippen molar-refractivity contribution in [3.05, 3.63) is 70.7 Å². The third-order valence-corrected chi connectivity index (χ3v) is 8.11. The third kappa shape index (κ3) is 5.95. The van der Waals surface area contributed by atoms with Gasteiger partial charge in [-0.3, -0.25) is 4.55 Å². The zero-order chi connectivity index (χ0) is 30.2. The minimum absolute atomic E-state index is 0.00729. The Labute approximate surface area is 252 Å². The fraction of sp³-hybridized carbons (Fsp3) is 0.0800. The van der Waals surface area contributed by atoms with Gasteiger partial charge in [-0.1, -0.05) is 23.2 Å². The van der Waals surface area contributed by atoms with Crippen LogP contribution in [0, 0.1) is 6.92 Å². The first kappa shape index (κ1) is 29.8. The number of aromatic hydroxyl groups is 1. The van der Waals surface area contributed by atoms with Crippen molar-refractivity contribution in [2.45, 2.75) is 16.7 Å². The predicted molar refractivity (Wildman–Crippen MR) is 157 cm³/mol. The number of halogens is 2. The molecule has 0 aliphatic carbocycles. The van der Waals surface area contributed by atoms with Crippen LogP contribution in [0.4, 0.5) is 23.0 Å². The van der Waals surface area contributed by atoms with Crippen molar-refractivity contribution >= 4 is 89.9 Å². The quantitative estimate of drug-likeness (QED) is 0.0500. The minimum Gasteiger partial charge on any atom is -0.505 e. The lowest BCUT2D eigenvalue weighted by atomic mass is 10.0. The van der Waals surface area contributed by atoms with Crippen molar-refractivity contribution in [2.75, 3.05) is 11.9 Å². The number of nitrogens with zero attached hydrogens (tertiary/aromatic N) is 6. The van der Waals surface area contributed by atoms with Crippen molar-refractivity contribution in [2.24, 2.45) is 10.2 Å². The van der Waals surface area contributed by atoms with Crippen LogP contribution < -0.4 is 4.90 Å². The summed E-state index contributed by atoms with van der Waals surface area (Å²) >= 11 is 12.4. The molecule has 0 atom stereocenters. The van der Waals surface area contributed by atoms with Gasteiger partial charge in [-0.15, -0.1) is 9.45 Å². The van der Waals surface area contributed by atoms with E-state index >= 15 is 0 Å². The highest BCUT2D eigenvalue weighted by Crippen LogP contribution is 2.45. The van der Waals surface area contributed by atoms with Gasteiger partial charge in [-0.2, -0.15) is 28.5 Å². The Balaban J connectivity index is 1.58. The molecule has 3 N–H and O–H groups in total. The van der Waals surface area contributed by atoms with Gasteiger partial charge >= 0.3 is 0 Å². The van der Waals surface area contributed by atoms with Crippen molar-refractivity contribution in [1.29, 1.82) is 0 Å². The van der Waals surface area contributed by atoms with E-state index in [0.29, 0.717) is 50.5 Å². The van der Waals surface area contributed by atoms with E-state index in [1.807, 2.05) is 0 Å². The summed E-state index contributed by atoms with van der Waals surface area (Å²) in [6, 6.07) is 14.2. The maximum atomic E-state index is 11.8. The van der Waals surface area contributed by atoms with Crippen LogP contribution in [0.25, 0.3) is 21.5 Å². The summed E-state index contributed by atoms with van der Waals surface area (Å²) in [6.07, 6.45) is 0. The van der Waals surface area contributed by atoms with E-state index in [1.165, 1.54) is 24.3 Å². The van der Waals surface area contributed by atoms with Gasteiger partial charge in [0.2, 0.25) is 16.5 Å². The molecule has 1 heterocycles. The first-order chi connectivity index (χ1) is 20.0. The number of hydrogen-bond acceptors (Lipinski definition) is 13. The molecule has 4 aromatic carbocycles. The molecular formula is C25H18Cl2N6O7S2. The van der Waals surface area contributed by atoms with E-state index in [0.717, 1.165) is 0 Å². The van der Waals surface area contributed by atoms with Crippen LogP contribution in [0.15, 0.2) is 74.6 Å². The molecule has 0 radical (unpaired) electrons. The van der Waals surface area contributed by atoms with Gasteiger partial charge < -0.3 is 10.0 Å². The molecule has 17 heteroatoms. The summed E-state index contributed by atoms with van der Waals surface area (Å²) in [5, 5.41) is 33.9. The van der Waals surface area contributed by atoms with Gasteiger partial charge in [0, 0.05) is 23.5 Å². The lowest BCUT2D eigenvalue weighted by Crippen LogP contribution is -2.13. The zero-order valence-corrected chi connectivity index (χ0v) is 24.6. The predicted octanol–water partition coefficient (Wildman–Crippen LogP) is 7.36. The number of azo groups is 1. The number of benzene rings is 4. The molecule has 0 spiro atoms. The molecule has 0 aliphatic rings. The fourth-order valence-corrected chi connectivity index (χ4v) is 5.80. The highest BCUT2D eigenvalue weighted by atomic mass is 35.5. The van der Waals surface area contributed by atoms with Crippen molar-refractivity contribution in [1.82, 2.24) is 15.0 Å². The molecule has 0 saturated heterocycles. The van der Waals surface area contributed by atoms with E-state index in [4.69, 9.17) is 28.5 Å². The van der Waals surface area contributed by atoms with E-state index in [-0.39, 0.29) is 37.7 Å². The van der Waals surface area contributed by atoms with Gasteiger partial charge in [0.05, 0.1) is 22.6 Å². The lowest BCUT2D eigenvalue weighted by molar-refractivity contribution is -0.432. The van der Waals surface area contributed by atoms with E-state index in [9.17, 15) is 18.1 Å². The topological polar surface area (TPSA) is 180 Å². The molecule has 1 aromatic heterocycles. The number of phenolic OH excluding ortho intramolecular Hbond substituents is 1. The summed E-state index contributed by atoms with van der Waals surface area (Å²) in [5.41, 5.74) is 1.57. The number of fused-ring (bicyclic) bond motifs is 2. The number of aryl methyl sites for hydroxylation is 1. The average Bonchev–Trinajstić information content (AvgIpc) is 2.94. The van der Waals surface area contributed by atoms with E-state index in [1.54, 1.807) is 49.2 Å². The number of rotatable bonds is 8. The average molecular weight is 649 g/mol. The Hall–Kier alpha value is -3.67. The Morgan fingerprint density at radius 1 is 0.952 bits per heavy atom. The summed E-state index contributed by atoms with van der Waals surface area (Å²) in [4.78, 5) is 13.5. The SMILES string of the molecule is Cc1c(N=Nc2c(SOOO)cc3cc(N(C)c4nc(Cl)nc(Cl)n4)ccc3c2O)ccc2c(S(=O)(=O)O)cccc12. The molecule has 5 rings (SSSR count). The largest absolute Gasteiger partial charge is 0.505 e. The highest BCUT2D eigenvalue weighted by molar-refractivity contribution is 7.94. The third-order valence-electron chi connectivity index (χ3n) is 6.24. The van der Waals surface area contributed by atoms with Crippen LogP contribution >= 0.6 is 35.2 Å². The highest BCUT2D eigenvalue weighted by Gasteiger charge is 2.19. The second-order valence-electron chi connectivity index (χ2n) is 8.67. The Kier molecular flexibility index (Phi) is 8.45. The van der Waals surface area contributed by atoms with Crippen LogP contribution in [0.2, 0.25) is 10.6 Å². The lowest BCUT2D eigenvalue weighted by Gasteiger charge is -2.18. The Bertz CT molecular complexity index is 1980. The first-order valence-electron chi connectivity index (χ1n) is 11.6. The smallest absolute Gasteiger partial charge is 0.295 e. The van der Waals surface area contributed by atoms with Gasteiger partial charge in [0.1, 0.15) is 10.6 Å². The van der Waals surface area contributed by atoms with Crippen LogP contribution in [0.3, 0.4) is 0 Å². The fourth-order valence-electron chi connectivity index (χ4n) is 4.25. The molecule has 0 unspecified atom stereocenters. The monoisotopic (exact) mass is 648 g/mol. The summed E-state index contributed by atoms with van der Waals surface area (Å²) < 4.78 is 37.8. The standard InChI is InChI=1S/C25H18Cl2N6O7S2/c1-12-15-4-3-5-20(42(36,37)38)17(15)8-9-18(12)31-32-21-19(41-40-39-35)11-13-10-14(6-7-16(13)22(21)34)33(2)25-29-23(26)28-24(27)30-25/h3-11,34-35H,1-2H3,(H,36,37,38). The van der Waals surface area contributed by atoms with E-state index < -0.39 is 10.1 Å². The Morgan fingerprint density at radius 2 is 1.67 bits per heavy atom. The van der Waals surface area contributed by atoms with Gasteiger partial charge in [-0.05, 0) is 82.9 Å². The number of aromatic nitrogens is 3. The minimum atomic E-state index is -4.44. The van der Waals surface area contributed by atoms with Crippen LogP contribution in [-0.4, -0.2) is 45.3 Å². The van der Waals surface area contributed by atoms with Gasteiger partial charge in [-0.25, -0.2) is 5.26 Å². The van der Waals surface area contributed by atoms with Crippen LogP contribution in [0.1, 0.15) is 5.56 Å². The van der Waals surface area contributed by atoms with E-state index in [2.05, 4.69) is 34.6 Å². The van der Waals surface area contributed by atoms with Crippen LogP contribution in [-0.2, 0) is 19.5 Å². The second kappa shape index (κ2) is 11.9. The number of phenols is 1. The molecule has 13 nitrogen and oxygen atoms in total. The maximum absolute atomic E-state index is 11.8. The second-order valence-corrected chi connectivity index (χ2v) is 11.5. The van der Waals surface area contributed by atoms with Gasteiger partial charge in [0.15, 0.2) is 5.75 Å². The summed E-state index contributed by atoms with van der Waals surface area (Å²) in [6.45, 7) is 1.72. The van der Waals surface area contributed by atoms with Crippen LogP contribution in [0.5, 0.6) is 5.75 Å². The Morgan fingerprint density at radius 3 is 2.36 bits per heavy atom. The molecule has 0 bridgehead atoms. The number of anilines is 2. The zero-order valence-electron chi connectivity index (χ0n) is 21.4. The van der Waals surface area contributed by atoms with Crippen molar-refractivity contribution < 1.29 is 32.7 Å². The molecule has 5 aromatic rings. The molecule has 42 heavy (non-hydrogen) atoms. The molecule has 0 saturated carbocycles. The molecular weight excluding hydrogens is 631 g/mol. The van der Waals surface area contributed by atoms with Crippen molar-refractivity contribution in [3.8, 4) is 5.75 Å². The summed E-state index contributed by atoms with van der Waals surface area (Å²) in [5.74, 6) is -0.0529. The summed E-state index contributed by atoms with van der Waals surface area (Å²) in [7, 11) is -2.75. The first-order valence-corrected chi connectivity index (χ1v) is 14.6. The van der Waals surface area contributed by atoms with Crippen molar-refractivity contribution in [3.63, 3.8) is 0 Å². The molecule has 0 amide bonds. The van der Waals surface area contributed by atoms with Gasteiger partial charge in [0.25, 0.3) is 10.1 Å². The normalized spacial score (nSPS) is 12.0. The molecule has 216 valence electrons. The molecule has 0 fully saturated rings. The molecule has 0 aliphatic heterocycles.